The van der Waals surface area contributed by atoms with Gasteiger partial charge in [-0.15, -0.1) is 11.3 Å². The van der Waals surface area contributed by atoms with Crippen LogP contribution in [0.4, 0.5) is 23.9 Å². The first kappa shape index (κ1) is 25.2. The maximum atomic E-state index is 13.2. The van der Waals surface area contributed by atoms with E-state index in [9.17, 15) is 22.8 Å². The summed E-state index contributed by atoms with van der Waals surface area (Å²) in [6, 6.07) is 12.8. The largest absolute Gasteiger partial charge is 0.462 e. The van der Waals surface area contributed by atoms with Crippen LogP contribution in [0.15, 0.2) is 64.0 Å². The predicted molar refractivity (Wildman–Crippen MR) is 131 cm³/mol. The van der Waals surface area contributed by atoms with Crippen molar-refractivity contribution in [3.8, 4) is 0 Å². The second-order valence-corrected chi connectivity index (χ2v) is 9.03. The van der Waals surface area contributed by atoms with Crippen LogP contribution in [-0.4, -0.2) is 18.5 Å². The molecule has 0 unspecified atom stereocenters. The number of benzene rings is 2. The van der Waals surface area contributed by atoms with Crippen LogP contribution in [0.1, 0.15) is 43.6 Å². The van der Waals surface area contributed by atoms with Gasteiger partial charge in [0.1, 0.15) is 16.1 Å². The van der Waals surface area contributed by atoms with Crippen molar-refractivity contribution in [1.29, 1.82) is 0 Å². The predicted octanol–water partition coefficient (Wildman–Crippen LogP) is 6.79. The second kappa shape index (κ2) is 9.98. The fraction of sp³-hybridized carbons (Fsp3) is 0.192. The molecule has 4 aromatic rings. The highest BCUT2D eigenvalue weighted by Crippen LogP contribution is 2.35. The third-order valence-corrected chi connectivity index (χ3v) is 6.50. The van der Waals surface area contributed by atoms with Crippen LogP contribution < -0.4 is 10.9 Å². The Morgan fingerprint density at radius 2 is 1.83 bits per heavy atom. The van der Waals surface area contributed by atoms with Gasteiger partial charge in [-0.25, -0.2) is 9.79 Å². The molecule has 0 aliphatic rings. The zero-order valence-electron chi connectivity index (χ0n) is 19.5. The average Bonchev–Trinajstić information content (AvgIpc) is 3.11. The number of fused-ring (bicyclic) bond motifs is 1. The summed E-state index contributed by atoms with van der Waals surface area (Å²) in [6.07, 6.45) is -4.56. The van der Waals surface area contributed by atoms with Gasteiger partial charge in [-0.3, -0.25) is 4.79 Å². The van der Waals surface area contributed by atoms with Gasteiger partial charge in [-0.05, 0) is 56.7 Å². The Morgan fingerprint density at radius 1 is 1.08 bits per heavy atom. The number of para-hydroxylation sites is 1. The number of rotatable bonds is 5. The van der Waals surface area contributed by atoms with Gasteiger partial charge < -0.3 is 14.5 Å². The standard InChI is InChI=1S/C26H21F3N2O4S/c1-4-34-25(33)21-14(2)15(3)36-24(21)31-23-19(12-16-8-5-6-11-20(16)35-23)22(32)30-18-10-7-9-17(13-18)26(27,28)29/h5-13H,4H2,1-3H3,(H,30,32)/b31-23-. The first-order chi connectivity index (χ1) is 17.1. The van der Waals surface area contributed by atoms with Crippen LogP contribution in [0, 0.1) is 13.8 Å². The normalized spacial score (nSPS) is 12.1. The van der Waals surface area contributed by atoms with E-state index in [2.05, 4.69) is 10.3 Å². The fourth-order valence-electron chi connectivity index (χ4n) is 3.51. The molecule has 4 rings (SSSR count). The molecule has 0 atom stereocenters. The Kier molecular flexibility index (Phi) is 6.98. The molecule has 0 spiro atoms. The van der Waals surface area contributed by atoms with Crippen LogP contribution in [0.2, 0.25) is 0 Å². The number of nitrogens with zero attached hydrogens (tertiary/aromatic N) is 1. The number of anilines is 1. The summed E-state index contributed by atoms with van der Waals surface area (Å²) in [5.41, 5.74) is 0.380. The summed E-state index contributed by atoms with van der Waals surface area (Å²) >= 11 is 1.24. The summed E-state index contributed by atoms with van der Waals surface area (Å²) in [5, 5.41) is 3.38. The van der Waals surface area contributed by atoms with Crippen LogP contribution in [0.25, 0.3) is 11.0 Å². The minimum absolute atomic E-state index is 0.00960. The van der Waals surface area contributed by atoms with Crippen molar-refractivity contribution in [1.82, 2.24) is 0 Å². The topological polar surface area (TPSA) is 80.9 Å². The number of carbonyl (C=O) groups excluding carboxylic acids is 2. The maximum absolute atomic E-state index is 13.2. The highest BCUT2D eigenvalue weighted by molar-refractivity contribution is 7.16. The second-order valence-electron chi connectivity index (χ2n) is 7.83. The zero-order valence-corrected chi connectivity index (χ0v) is 20.3. The summed E-state index contributed by atoms with van der Waals surface area (Å²) in [6.45, 7) is 5.48. The van der Waals surface area contributed by atoms with Crippen LogP contribution in [0.5, 0.6) is 0 Å². The van der Waals surface area contributed by atoms with Gasteiger partial charge in [0, 0.05) is 16.0 Å². The summed E-state index contributed by atoms with van der Waals surface area (Å²) < 4.78 is 50.5. The van der Waals surface area contributed by atoms with Crippen LogP contribution in [-0.2, 0) is 10.9 Å². The van der Waals surface area contributed by atoms with E-state index in [0.29, 0.717) is 21.5 Å². The molecular weight excluding hydrogens is 493 g/mol. The van der Waals surface area contributed by atoms with E-state index >= 15 is 0 Å². The molecular formula is C26H21F3N2O4S. The minimum Gasteiger partial charge on any atom is -0.462 e. The number of alkyl halides is 3. The van der Waals surface area contributed by atoms with Crippen molar-refractivity contribution in [3.63, 3.8) is 0 Å². The van der Waals surface area contributed by atoms with E-state index < -0.39 is 23.6 Å². The van der Waals surface area contributed by atoms with Gasteiger partial charge in [0.25, 0.3) is 5.91 Å². The highest BCUT2D eigenvalue weighted by atomic mass is 32.1. The van der Waals surface area contributed by atoms with Crippen molar-refractivity contribution >= 4 is 44.9 Å². The zero-order chi connectivity index (χ0) is 26.0. The molecule has 2 heterocycles. The van der Waals surface area contributed by atoms with Crippen molar-refractivity contribution < 1.29 is 31.9 Å². The Bertz CT molecular complexity index is 1540. The average molecular weight is 515 g/mol. The van der Waals surface area contributed by atoms with Crippen molar-refractivity contribution in [2.45, 2.75) is 26.9 Å². The van der Waals surface area contributed by atoms with E-state index in [4.69, 9.17) is 9.15 Å². The lowest BCUT2D eigenvalue weighted by molar-refractivity contribution is -0.137. The lowest BCUT2D eigenvalue weighted by Gasteiger charge is -2.10. The van der Waals surface area contributed by atoms with Gasteiger partial charge in [0.05, 0.1) is 17.7 Å². The van der Waals surface area contributed by atoms with Gasteiger partial charge in [0.15, 0.2) is 0 Å². The van der Waals surface area contributed by atoms with Gasteiger partial charge in [0.2, 0.25) is 5.55 Å². The third kappa shape index (κ3) is 5.18. The first-order valence-electron chi connectivity index (χ1n) is 10.9. The lowest BCUT2D eigenvalue weighted by atomic mass is 10.1. The van der Waals surface area contributed by atoms with Gasteiger partial charge >= 0.3 is 12.1 Å². The van der Waals surface area contributed by atoms with E-state index in [1.54, 1.807) is 38.1 Å². The Morgan fingerprint density at radius 3 is 2.56 bits per heavy atom. The molecule has 0 aliphatic carbocycles. The molecule has 186 valence electrons. The molecule has 1 N–H and O–H groups in total. The summed E-state index contributed by atoms with van der Waals surface area (Å²) in [7, 11) is 0. The van der Waals surface area contributed by atoms with E-state index in [-0.39, 0.29) is 29.0 Å². The van der Waals surface area contributed by atoms with E-state index in [0.717, 1.165) is 17.0 Å². The maximum Gasteiger partial charge on any atom is 0.416 e. The monoisotopic (exact) mass is 514 g/mol. The Balaban J connectivity index is 1.85. The van der Waals surface area contributed by atoms with Crippen molar-refractivity contribution in [3.05, 3.63) is 87.3 Å². The number of hydrogen-bond acceptors (Lipinski definition) is 6. The van der Waals surface area contributed by atoms with E-state index in [1.807, 2.05) is 6.92 Å². The van der Waals surface area contributed by atoms with Crippen LogP contribution in [0.3, 0.4) is 0 Å². The van der Waals surface area contributed by atoms with Crippen molar-refractivity contribution in [2.75, 3.05) is 11.9 Å². The quantitative estimate of drug-likeness (QED) is 0.297. The van der Waals surface area contributed by atoms with Gasteiger partial charge in [-0.1, -0.05) is 24.3 Å². The molecule has 10 heteroatoms. The molecule has 0 fully saturated rings. The summed E-state index contributed by atoms with van der Waals surface area (Å²) in [4.78, 5) is 31.2. The number of hydrogen-bond donors (Lipinski definition) is 1. The van der Waals surface area contributed by atoms with Crippen LogP contribution >= 0.6 is 11.3 Å². The minimum atomic E-state index is -4.56. The molecule has 2 aromatic carbocycles. The first-order valence-corrected chi connectivity index (χ1v) is 11.7. The van der Waals surface area contributed by atoms with E-state index in [1.165, 1.54) is 29.5 Å². The molecule has 0 saturated carbocycles. The fourth-order valence-corrected chi connectivity index (χ4v) is 4.52. The number of esters is 1. The Hall–Kier alpha value is -3.92. The molecule has 0 aliphatic heterocycles. The molecule has 0 saturated heterocycles. The molecule has 0 bridgehead atoms. The lowest BCUT2D eigenvalue weighted by Crippen LogP contribution is -2.22. The van der Waals surface area contributed by atoms with Gasteiger partial charge in [-0.2, -0.15) is 13.2 Å². The summed E-state index contributed by atoms with van der Waals surface area (Å²) in [5.74, 6) is -1.26. The number of halogens is 3. The SMILES string of the molecule is CCOC(=O)c1c(/N=c2\oc3ccccc3cc2C(=O)Nc2cccc(C(F)(F)F)c2)sc(C)c1C. The smallest absolute Gasteiger partial charge is 0.416 e. The number of ether oxygens (including phenoxy) is 1. The molecule has 36 heavy (non-hydrogen) atoms. The molecule has 6 nitrogen and oxygen atoms in total. The number of carbonyl (C=O) groups is 2. The number of nitrogens with one attached hydrogen (secondary N) is 1. The number of amides is 1. The molecule has 2 aromatic heterocycles. The Labute approximate surface area is 208 Å². The molecule has 0 radical (unpaired) electrons. The number of thiophene rings is 1. The number of aryl methyl sites for hydroxylation is 1. The third-order valence-electron chi connectivity index (χ3n) is 5.40. The molecule has 1 amide bonds. The highest BCUT2D eigenvalue weighted by Gasteiger charge is 2.30. The van der Waals surface area contributed by atoms with Crippen molar-refractivity contribution in [2.24, 2.45) is 4.99 Å².